The van der Waals surface area contributed by atoms with E-state index < -0.39 is 0 Å². The second-order valence-corrected chi connectivity index (χ2v) is 6.41. The number of nitrogens with zero attached hydrogens (tertiary/aromatic N) is 4. The Bertz CT molecular complexity index is 735. The van der Waals surface area contributed by atoms with Crippen LogP contribution in [0.25, 0.3) is 0 Å². The predicted molar refractivity (Wildman–Crippen MR) is 101 cm³/mol. The van der Waals surface area contributed by atoms with Gasteiger partial charge in [-0.2, -0.15) is 0 Å². The lowest BCUT2D eigenvalue weighted by atomic mass is 10.0. The zero-order chi connectivity index (χ0) is 18.5. The van der Waals surface area contributed by atoms with E-state index in [2.05, 4.69) is 52.2 Å². The minimum Gasteiger partial charge on any atom is -0.486 e. The van der Waals surface area contributed by atoms with Gasteiger partial charge >= 0.3 is 6.03 Å². The molecule has 2 heterocycles. The fourth-order valence-electron chi connectivity index (χ4n) is 3.05. The molecule has 2 amide bonds. The maximum atomic E-state index is 11.6. The van der Waals surface area contributed by atoms with Crippen molar-refractivity contribution in [1.82, 2.24) is 20.2 Å². The summed E-state index contributed by atoms with van der Waals surface area (Å²) in [5.74, 6) is 1.32. The number of benzene rings is 1. The number of carbonyl (C=O) groups excluding carboxylic acids is 1. The van der Waals surface area contributed by atoms with Gasteiger partial charge in [-0.25, -0.2) is 14.8 Å². The lowest BCUT2D eigenvalue weighted by Gasteiger charge is -2.34. The number of amides is 2. The van der Waals surface area contributed by atoms with Crippen LogP contribution in [0.1, 0.15) is 16.7 Å². The van der Waals surface area contributed by atoms with Crippen LogP contribution in [0.15, 0.2) is 30.6 Å². The van der Waals surface area contributed by atoms with Crippen molar-refractivity contribution in [1.29, 1.82) is 0 Å². The summed E-state index contributed by atoms with van der Waals surface area (Å²) < 4.78 is 5.85. The van der Waals surface area contributed by atoms with Crippen molar-refractivity contribution in [3.05, 3.63) is 47.3 Å². The van der Waals surface area contributed by atoms with Crippen molar-refractivity contribution in [3.8, 4) is 5.75 Å². The topological polar surface area (TPSA) is 70.6 Å². The third-order valence-electron chi connectivity index (χ3n) is 4.71. The summed E-state index contributed by atoms with van der Waals surface area (Å²) in [7, 11) is 1.65. The molecule has 0 bridgehead atoms. The van der Waals surface area contributed by atoms with Crippen LogP contribution >= 0.6 is 0 Å². The van der Waals surface area contributed by atoms with Crippen molar-refractivity contribution >= 4 is 12.0 Å². The lowest BCUT2D eigenvalue weighted by molar-refractivity contribution is 0.196. The Kier molecular flexibility index (Phi) is 5.55. The maximum absolute atomic E-state index is 11.6. The number of anilines is 1. The summed E-state index contributed by atoms with van der Waals surface area (Å²) in [6.07, 6.45) is 3.42. The van der Waals surface area contributed by atoms with Gasteiger partial charge in [0.15, 0.2) is 5.75 Å². The van der Waals surface area contributed by atoms with Gasteiger partial charge in [0.2, 0.25) is 5.95 Å². The van der Waals surface area contributed by atoms with Gasteiger partial charge in [-0.15, -0.1) is 0 Å². The van der Waals surface area contributed by atoms with E-state index >= 15 is 0 Å². The van der Waals surface area contributed by atoms with E-state index in [-0.39, 0.29) is 6.03 Å². The van der Waals surface area contributed by atoms with Gasteiger partial charge in [-0.05, 0) is 30.5 Å². The van der Waals surface area contributed by atoms with Crippen LogP contribution < -0.4 is 15.0 Å². The van der Waals surface area contributed by atoms with Crippen molar-refractivity contribution in [3.63, 3.8) is 0 Å². The molecule has 0 radical (unpaired) electrons. The van der Waals surface area contributed by atoms with E-state index in [4.69, 9.17) is 4.74 Å². The van der Waals surface area contributed by atoms with E-state index in [1.54, 1.807) is 24.3 Å². The maximum Gasteiger partial charge on any atom is 0.317 e. The molecule has 1 N–H and O–H groups in total. The zero-order valence-corrected chi connectivity index (χ0v) is 15.5. The molecule has 0 atom stereocenters. The van der Waals surface area contributed by atoms with Crippen molar-refractivity contribution < 1.29 is 9.53 Å². The first-order valence-corrected chi connectivity index (χ1v) is 8.80. The molecule has 1 aromatic carbocycles. The van der Waals surface area contributed by atoms with Gasteiger partial charge in [0.1, 0.15) is 6.61 Å². The summed E-state index contributed by atoms with van der Waals surface area (Å²) in [6, 6.07) is 6.18. The molecule has 0 saturated carbocycles. The fourth-order valence-corrected chi connectivity index (χ4v) is 3.05. The number of nitrogens with one attached hydrogen (secondary N) is 1. The summed E-state index contributed by atoms with van der Waals surface area (Å²) in [5.41, 5.74) is 3.63. The van der Waals surface area contributed by atoms with E-state index in [0.717, 1.165) is 13.1 Å². The Hall–Kier alpha value is -2.83. The van der Waals surface area contributed by atoms with Crippen LogP contribution in [-0.2, 0) is 6.61 Å². The monoisotopic (exact) mass is 355 g/mol. The van der Waals surface area contributed by atoms with Crippen molar-refractivity contribution in [2.24, 2.45) is 0 Å². The molecular weight excluding hydrogens is 330 g/mol. The van der Waals surface area contributed by atoms with Crippen LogP contribution in [0.4, 0.5) is 10.7 Å². The number of urea groups is 1. The van der Waals surface area contributed by atoms with Crippen molar-refractivity contribution in [2.45, 2.75) is 20.5 Å². The highest BCUT2D eigenvalue weighted by atomic mass is 16.5. The predicted octanol–water partition coefficient (Wildman–Crippen LogP) is 2.13. The number of hydrogen-bond acceptors (Lipinski definition) is 5. The summed E-state index contributed by atoms with van der Waals surface area (Å²) in [6.45, 7) is 7.44. The first-order chi connectivity index (χ1) is 12.6. The van der Waals surface area contributed by atoms with Gasteiger partial charge in [0, 0.05) is 33.2 Å². The Balaban J connectivity index is 1.57. The number of ether oxygens (including phenoxy) is 1. The molecule has 1 aliphatic rings. The number of piperazine rings is 1. The second kappa shape index (κ2) is 8.03. The number of rotatable bonds is 4. The van der Waals surface area contributed by atoms with Gasteiger partial charge in [-0.3, -0.25) is 0 Å². The highest BCUT2D eigenvalue weighted by Gasteiger charge is 2.21. The zero-order valence-electron chi connectivity index (χ0n) is 15.5. The number of hydrogen-bond donors (Lipinski definition) is 1. The van der Waals surface area contributed by atoms with Crippen molar-refractivity contribution in [2.75, 3.05) is 38.1 Å². The van der Waals surface area contributed by atoms with E-state index in [1.165, 1.54) is 16.7 Å². The van der Waals surface area contributed by atoms with Crippen LogP contribution in [0.2, 0.25) is 0 Å². The SMILES string of the molecule is CNC(=O)N1CCN(c2ncc(OCc3c(C)cccc3C)cn2)CC1. The quantitative estimate of drug-likeness (QED) is 0.910. The van der Waals surface area contributed by atoms with Gasteiger partial charge in [0.05, 0.1) is 12.4 Å². The Morgan fingerprint density at radius 1 is 1.12 bits per heavy atom. The Morgan fingerprint density at radius 3 is 2.31 bits per heavy atom. The smallest absolute Gasteiger partial charge is 0.317 e. The average Bonchev–Trinajstić information content (AvgIpc) is 2.67. The third-order valence-corrected chi connectivity index (χ3v) is 4.71. The molecule has 3 rings (SSSR count). The molecule has 1 aromatic heterocycles. The van der Waals surface area contributed by atoms with Crippen LogP contribution in [0.3, 0.4) is 0 Å². The van der Waals surface area contributed by atoms with Gasteiger partial charge < -0.3 is 19.9 Å². The molecule has 1 fully saturated rings. The summed E-state index contributed by atoms with van der Waals surface area (Å²) >= 11 is 0. The largest absolute Gasteiger partial charge is 0.486 e. The fraction of sp³-hybridized carbons (Fsp3) is 0.421. The lowest BCUT2D eigenvalue weighted by Crippen LogP contribution is -2.51. The molecule has 0 aliphatic carbocycles. The minimum absolute atomic E-state index is 0.0409. The highest BCUT2D eigenvalue weighted by molar-refractivity contribution is 5.74. The van der Waals surface area contributed by atoms with Crippen LogP contribution in [0.5, 0.6) is 5.75 Å². The van der Waals surface area contributed by atoms with E-state index in [0.29, 0.717) is 31.4 Å². The third kappa shape index (κ3) is 4.04. The molecule has 0 spiro atoms. The van der Waals surface area contributed by atoms with Crippen LogP contribution in [0, 0.1) is 13.8 Å². The standard InChI is InChI=1S/C19H25N5O2/c1-14-5-4-6-15(2)17(14)13-26-16-11-21-18(22-12-16)23-7-9-24(10-8-23)19(25)20-3/h4-6,11-12H,7-10,13H2,1-3H3,(H,20,25). The molecule has 1 saturated heterocycles. The number of aryl methyl sites for hydroxylation is 2. The highest BCUT2D eigenvalue weighted by Crippen LogP contribution is 2.18. The van der Waals surface area contributed by atoms with Crippen LogP contribution in [-0.4, -0.2) is 54.1 Å². The van der Waals surface area contributed by atoms with Gasteiger partial charge in [0.25, 0.3) is 0 Å². The molecule has 2 aromatic rings. The Labute approximate surface area is 154 Å². The molecule has 7 heteroatoms. The molecular formula is C19H25N5O2. The minimum atomic E-state index is -0.0409. The Morgan fingerprint density at radius 2 is 1.73 bits per heavy atom. The first kappa shape index (κ1) is 18.0. The molecule has 26 heavy (non-hydrogen) atoms. The van der Waals surface area contributed by atoms with E-state index in [1.807, 2.05) is 0 Å². The summed E-state index contributed by atoms with van der Waals surface area (Å²) in [5, 5.41) is 2.65. The number of aromatic nitrogens is 2. The molecule has 1 aliphatic heterocycles. The van der Waals surface area contributed by atoms with Gasteiger partial charge in [-0.1, -0.05) is 18.2 Å². The normalized spacial score (nSPS) is 14.3. The average molecular weight is 355 g/mol. The molecule has 138 valence electrons. The van der Waals surface area contributed by atoms with E-state index in [9.17, 15) is 4.79 Å². The second-order valence-electron chi connectivity index (χ2n) is 6.41. The number of carbonyl (C=O) groups is 1. The summed E-state index contributed by atoms with van der Waals surface area (Å²) in [4.78, 5) is 24.3. The molecule has 7 nitrogen and oxygen atoms in total. The first-order valence-electron chi connectivity index (χ1n) is 8.80. The molecule has 0 unspecified atom stereocenters.